The van der Waals surface area contributed by atoms with Gasteiger partial charge in [0.25, 0.3) is 0 Å². The van der Waals surface area contributed by atoms with Crippen LogP contribution >= 0.6 is 0 Å². The average molecular weight is 156 g/mol. The summed E-state index contributed by atoms with van der Waals surface area (Å²) in [6.07, 6.45) is 4.42. The Morgan fingerprint density at radius 2 is 2.55 bits per heavy atom. The zero-order valence-corrected chi connectivity index (χ0v) is 7.05. The van der Waals surface area contributed by atoms with Crippen LogP contribution in [0, 0.1) is 0 Å². The topological polar surface area (TPSA) is 38.5 Å². The summed E-state index contributed by atoms with van der Waals surface area (Å²) in [7, 11) is 2.13. The molecular formula is C8H16N2O. The summed E-state index contributed by atoms with van der Waals surface area (Å²) in [6.45, 7) is 2.88. The largest absolute Gasteiger partial charge is 0.304 e. The van der Waals surface area contributed by atoms with E-state index in [0.29, 0.717) is 6.61 Å². The van der Waals surface area contributed by atoms with Crippen molar-refractivity contribution in [3.05, 3.63) is 11.6 Å². The number of rotatable bonds is 3. The molecule has 0 bridgehead atoms. The Morgan fingerprint density at radius 1 is 1.73 bits per heavy atom. The van der Waals surface area contributed by atoms with E-state index < -0.39 is 0 Å². The minimum absolute atomic E-state index is 0.648. The van der Waals surface area contributed by atoms with Crippen molar-refractivity contribution in [1.29, 1.82) is 0 Å². The van der Waals surface area contributed by atoms with Crippen LogP contribution in [0.1, 0.15) is 12.8 Å². The fraction of sp³-hybridized carbons (Fsp3) is 0.750. The third-order valence-corrected chi connectivity index (χ3v) is 2.05. The summed E-state index contributed by atoms with van der Waals surface area (Å²) in [6, 6.07) is 0. The molecule has 1 rings (SSSR count). The molecular weight excluding hydrogens is 140 g/mol. The van der Waals surface area contributed by atoms with Crippen LogP contribution in [0.25, 0.3) is 0 Å². The Labute approximate surface area is 67.8 Å². The highest BCUT2D eigenvalue weighted by Crippen LogP contribution is 2.12. The standard InChI is InChI=1S/C8H16N2O/c1-10-5-2-8(3-6-10)4-7-11-9/h2H,3-7,9H2,1H3. The molecule has 0 spiro atoms. The highest BCUT2D eigenvalue weighted by atomic mass is 16.6. The molecule has 0 saturated carbocycles. The van der Waals surface area contributed by atoms with Gasteiger partial charge in [0.05, 0.1) is 6.61 Å². The maximum absolute atomic E-state index is 4.94. The predicted molar refractivity (Wildman–Crippen MR) is 45.0 cm³/mol. The third-order valence-electron chi connectivity index (χ3n) is 2.05. The van der Waals surface area contributed by atoms with Crippen molar-refractivity contribution < 1.29 is 4.84 Å². The zero-order chi connectivity index (χ0) is 8.10. The molecule has 3 heteroatoms. The molecule has 0 atom stereocenters. The van der Waals surface area contributed by atoms with Crippen LogP contribution in [0.5, 0.6) is 0 Å². The molecule has 0 aromatic heterocycles. The normalized spacial score (nSPS) is 20.0. The summed E-state index contributed by atoms with van der Waals surface area (Å²) in [5.41, 5.74) is 1.48. The highest BCUT2D eigenvalue weighted by molar-refractivity contribution is 5.06. The van der Waals surface area contributed by atoms with Crippen LogP contribution < -0.4 is 5.90 Å². The van der Waals surface area contributed by atoms with Crippen LogP contribution in [0.3, 0.4) is 0 Å². The number of hydrogen-bond acceptors (Lipinski definition) is 3. The maximum atomic E-state index is 4.94. The lowest BCUT2D eigenvalue weighted by Gasteiger charge is -2.21. The summed E-state index contributed by atoms with van der Waals surface area (Å²) in [5, 5.41) is 0. The first-order valence-corrected chi connectivity index (χ1v) is 4.01. The maximum Gasteiger partial charge on any atom is 0.0716 e. The van der Waals surface area contributed by atoms with Gasteiger partial charge in [0.1, 0.15) is 0 Å². The van der Waals surface area contributed by atoms with Crippen LogP contribution in [0.2, 0.25) is 0 Å². The molecule has 3 nitrogen and oxygen atoms in total. The van der Waals surface area contributed by atoms with Crippen molar-refractivity contribution in [3.8, 4) is 0 Å². The van der Waals surface area contributed by atoms with Gasteiger partial charge in [-0.1, -0.05) is 11.6 Å². The second-order valence-corrected chi connectivity index (χ2v) is 3.00. The minimum atomic E-state index is 0.648. The van der Waals surface area contributed by atoms with Crippen molar-refractivity contribution in [2.24, 2.45) is 5.90 Å². The van der Waals surface area contributed by atoms with Crippen molar-refractivity contribution in [2.45, 2.75) is 12.8 Å². The van der Waals surface area contributed by atoms with Crippen molar-refractivity contribution in [3.63, 3.8) is 0 Å². The number of hydrogen-bond donors (Lipinski definition) is 1. The molecule has 1 aliphatic rings. The minimum Gasteiger partial charge on any atom is -0.304 e. The van der Waals surface area contributed by atoms with E-state index in [2.05, 4.69) is 22.9 Å². The lowest BCUT2D eigenvalue weighted by molar-refractivity contribution is 0.139. The van der Waals surface area contributed by atoms with Gasteiger partial charge in [0.15, 0.2) is 0 Å². The van der Waals surface area contributed by atoms with E-state index in [1.165, 1.54) is 12.0 Å². The first kappa shape index (κ1) is 8.71. The van der Waals surface area contributed by atoms with Gasteiger partial charge in [-0.3, -0.25) is 0 Å². The second-order valence-electron chi connectivity index (χ2n) is 3.00. The quantitative estimate of drug-likeness (QED) is 0.478. The summed E-state index contributed by atoms with van der Waals surface area (Å²) in [4.78, 5) is 6.82. The molecule has 11 heavy (non-hydrogen) atoms. The molecule has 0 aliphatic carbocycles. The molecule has 1 aliphatic heterocycles. The SMILES string of the molecule is CN1CC=C(CCON)CC1. The van der Waals surface area contributed by atoms with Crippen LogP contribution in [0.15, 0.2) is 11.6 Å². The Hall–Kier alpha value is -0.380. The first-order valence-electron chi connectivity index (χ1n) is 4.01. The van der Waals surface area contributed by atoms with E-state index in [1.54, 1.807) is 0 Å². The fourth-order valence-electron chi connectivity index (χ4n) is 1.23. The molecule has 2 N–H and O–H groups in total. The number of nitrogens with zero attached hydrogens (tertiary/aromatic N) is 1. The van der Waals surface area contributed by atoms with Crippen molar-refractivity contribution in [1.82, 2.24) is 4.90 Å². The van der Waals surface area contributed by atoms with E-state index >= 15 is 0 Å². The second kappa shape index (κ2) is 4.49. The smallest absolute Gasteiger partial charge is 0.0716 e. The zero-order valence-electron chi connectivity index (χ0n) is 7.05. The molecule has 0 saturated heterocycles. The van der Waals surface area contributed by atoms with Gasteiger partial charge in [0.2, 0.25) is 0 Å². The highest BCUT2D eigenvalue weighted by Gasteiger charge is 2.06. The lowest BCUT2D eigenvalue weighted by Crippen LogP contribution is -2.24. The van der Waals surface area contributed by atoms with E-state index in [4.69, 9.17) is 5.90 Å². The van der Waals surface area contributed by atoms with E-state index in [1.807, 2.05) is 0 Å². The molecule has 64 valence electrons. The Kier molecular flexibility index (Phi) is 3.56. The Bertz CT molecular complexity index is 145. The first-order chi connectivity index (χ1) is 5.33. The Balaban J connectivity index is 2.24. The van der Waals surface area contributed by atoms with Crippen LogP contribution in [-0.2, 0) is 4.84 Å². The Morgan fingerprint density at radius 3 is 3.09 bits per heavy atom. The predicted octanol–water partition coefficient (Wildman–Crippen LogP) is 0.529. The molecule has 0 amide bonds. The molecule has 0 fully saturated rings. The monoisotopic (exact) mass is 156 g/mol. The summed E-state index contributed by atoms with van der Waals surface area (Å²) >= 11 is 0. The van der Waals surface area contributed by atoms with Crippen molar-refractivity contribution in [2.75, 3.05) is 26.7 Å². The fourth-order valence-corrected chi connectivity index (χ4v) is 1.23. The number of likely N-dealkylation sites (N-methyl/N-ethyl adjacent to an activating group) is 1. The van der Waals surface area contributed by atoms with Crippen molar-refractivity contribution >= 4 is 0 Å². The molecule has 1 heterocycles. The van der Waals surface area contributed by atoms with Gasteiger partial charge in [-0.05, 0) is 19.9 Å². The number of nitrogens with two attached hydrogens (primary N) is 1. The van der Waals surface area contributed by atoms with Gasteiger partial charge in [-0.15, -0.1) is 0 Å². The summed E-state index contributed by atoms with van der Waals surface area (Å²) < 4.78 is 0. The average Bonchev–Trinajstić information content (AvgIpc) is 2.04. The molecule has 0 radical (unpaired) electrons. The van der Waals surface area contributed by atoms with Gasteiger partial charge < -0.3 is 9.74 Å². The third kappa shape index (κ3) is 3.01. The molecule has 0 aromatic carbocycles. The van der Waals surface area contributed by atoms with E-state index in [9.17, 15) is 0 Å². The molecule has 0 unspecified atom stereocenters. The van der Waals surface area contributed by atoms with Gasteiger partial charge in [-0.25, -0.2) is 5.90 Å². The van der Waals surface area contributed by atoms with E-state index in [-0.39, 0.29) is 0 Å². The van der Waals surface area contributed by atoms with Crippen LogP contribution in [-0.4, -0.2) is 31.6 Å². The van der Waals surface area contributed by atoms with E-state index in [0.717, 1.165) is 19.5 Å². The van der Waals surface area contributed by atoms with Gasteiger partial charge in [0, 0.05) is 13.1 Å². The summed E-state index contributed by atoms with van der Waals surface area (Å²) in [5.74, 6) is 4.94. The molecule has 0 aromatic rings. The van der Waals surface area contributed by atoms with Crippen LogP contribution in [0.4, 0.5) is 0 Å². The van der Waals surface area contributed by atoms with Gasteiger partial charge >= 0.3 is 0 Å². The van der Waals surface area contributed by atoms with Gasteiger partial charge in [-0.2, -0.15) is 0 Å². The lowest BCUT2D eigenvalue weighted by atomic mass is 10.1.